The maximum Gasteiger partial charge on any atom is 0.239 e. The number of sulfone groups is 1. The Labute approximate surface area is 142 Å². The first-order valence-corrected chi connectivity index (χ1v) is 10.2. The van der Waals surface area contributed by atoms with Gasteiger partial charge in [0.25, 0.3) is 0 Å². The molecule has 8 heteroatoms. The summed E-state index contributed by atoms with van der Waals surface area (Å²) < 4.78 is 29.0. The summed E-state index contributed by atoms with van der Waals surface area (Å²) in [6, 6.07) is -0.587. The third-order valence-electron chi connectivity index (χ3n) is 5.06. The van der Waals surface area contributed by atoms with Crippen molar-refractivity contribution in [3.05, 3.63) is 17.8 Å². The third kappa shape index (κ3) is 3.80. The van der Waals surface area contributed by atoms with E-state index in [0.717, 1.165) is 18.6 Å². The minimum Gasteiger partial charge on any atom is -0.444 e. The predicted molar refractivity (Wildman–Crippen MR) is 89.2 cm³/mol. The third-order valence-corrected chi connectivity index (χ3v) is 6.81. The Morgan fingerprint density at radius 2 is 2.08 bits per heavy atom. The predicted octanol–water partition coefficient (Wildman–Crippen LogP) is 1.02. The Morgan fingerprint density at radius 3 is 2.67 bits per heavy atom. The van der Waals surface area contributed by atoms with Crippen molar-refractivity contribution in [3.63, 3.8) is 0 Å². The van der Waals surface area contributed by atoms with Crippen molar-refractivity contribution in [1.82, 2.24) is 14.8 Å². The van der Waals surface area contributed by atoms with Crippen molar-refractivity contribution >= 4 is 15.7 Å². The lowest BCUT2D eigenvalue weighted by molar-refractivity contribution is -0.136. The molecular weight excluding hydrogens is 330 g/mol. The topological polar surface area (TPSA) is 83.7 Å². The van der Waals surface area contributed by atoms with Gasteiger partial charge in [0.05, 0.1) is 30.3 Å². The van der Waals surface area contributed by atoms with Crippen LogP contribution in [0, 0.1) is 0 Å². The number of carbonyl (C=O) groups excluding carboxylic acids is 1. The second-order valence-electron chi connectivity index (χ2n) is 7.03. The summed E-state index contributed by atoms with van der Waals surface area (Å²) in [6.07, 6.45) is 4.62. The molecule has 1 aromatic heterocycles. The molecule has 24 heavy (non-hydrogen) atoms. The van der Waals surface area contributed by atoms with Gasteiger partial charge in [-0.25, -0.2) is 13.4 Å². The van der Waals surface area contributed by atoms with Crippen molar-refractivity contribution in [3.8, 4) is 0 Å². The lowest BCUT2D eigenvalue weighted by Crippen LogP contribution is -2.48. The lowest BCUT2D eigenvalue weighted by atomic mass is 10.2. The van der Waals surface area contributed by atoms with Gasteiger partial charge in [0.15, 0.2) is 9.84 Å². The van der Waals surface area contributed by atoms with E-state index in [1.54, 1.807) is 18.1 Å². The Balaban J connectivity index is 1.57. The second kappa shape index (κ2) is 6.48. The van der Waals surface area contributed by atoms with Crippen LogP contribution in [0.4, 0.5) is 0 Å². The first-order chi connectivity index (χ1) is 11.3. The molecule has 0 N–H and O–H groups in total. The molecular formula is C16H25N3O4S. The van der Waals surface area contributed by atoms with E-state index in [-0.39, 0.29) is 29.5 Å². The van der Waals surface area contributed by atoms with Crippen LogP contribution in [0.25, 0.3) is 0 Å². The molecule has 1 aromatic rings. The van der Waals surface area contributed by atoms with Gasteiger partial charge >= 0.3 is 0 Å². The van der Waals surface area contributed by atoms with Crippen LogP contribution in [0.3, 0.4) is 0 Å². The van der Waals surface area contributed by atoms with Crippen LogP contribution < -0.4 is 0 Å². The van der Waals surface area contributed by atoms with Gasteiger partial charge in [0.2, 0.25) is 11.8 Å². The average Bonchev–Trinajstić information content (AvgIpc) is 3.18. The van der Waals surface area contributed by atoms with Gasteiger partial charge in [-0.15, -0.1) is 0 Å². The molecule has 2 atom stereocenters. The van der Waals surface area contributed by atoms with Crippen LogP contribution in [-0.4, -0.2) is 66.8 Å². The summed E-state index contributed by atoms with van der Waals surface area (Å²) in [5.74, 6) is 2.23. The summed E-state index contributed by atoms with van der Waals surface area (Å²) >= 11 is 0. The number of aromatic nitrogens is 1. The van der Waals surface area contributed by atoms with Gasteiger partial charge in [-0.3, -0.25) is 9.69 Å². The Bertz CT molecular complexity index is 711. The summed E-state index contributed by atoms with van der Waals surface area (Å²) in [5, 5.41) is 0. The zero-order chi connectivity index (χ0) is 17.5. The van der Waals surface area contributed by atoms with Gasteiger partial charge < -0.3 is 9.32 Å². The second-order valence-corrected chi connectivity index (χ2v) is 9.26. The van der Waals surface area contributed by atoms with Crippen molar-refractivity contribution in [2.75, 3.05) is 25.6 Å². The van der Waals surface area contributed by atoms with Gasteiger partial charge in [-0.1, -0.05) is 0 Å². The maximum atomic E-state index is 12.6. The van der Waals surface area contributed by atoms with Gasteiger partial charge in [0.1, 0.15) is 5.76 Å². The van der Waals surface area contributed by atoms with E-state index in [0.29, 0.717) is 24.8 Å². The molecule has 1 saturated heterocycles. The van der Waals surface area contributed by atoms with Crippen LogP contribution in [0.5, 0.6) is 0 Å². The van der Waals surface area contributed by atoms with Gasteiger partial charge in [-0.05, 0) is 33.2 Å². The van der Waals surface area contributed by atoms with E-state index in [4.69, 9.17) is 4.42 Å². The molecule has 1 amide bonds. The largest absolute Gasteiger partial charge is 0.444 e. The van der Waals surface area contributed by atoms with Crippen LogP contribution in [0.15, 0.2) is 10.6 Å². The Hall–Kier alpha value is -1.41. The van der Waals surface area contributed by atoms with Crippen molar-refractivity contribution in [1.29, 1.82) is 0 Å². The normalized spacial score (nSPS) is 24.2. The molecule has 3 rings (SSSR count). The van der Waals surface area contributed by atoms with Crippen LogP contribution in [0.2, 0.25) is 0 Å². The zero-order valence-corrected chi connectivity index (χ0v) is 15.3. The number of amides is 1. The number of hydrogen-bond acceptors (Lipinski definition) is 6. The first-order valence-electron chi connectivity index (χ1n) is 8.39. The molecule has 2 unspecified atom stereocenters. The molecule has 0 bridgehead atoms. The smallest absolute Gasteiger partial charge is 0.239 e. The van der Waals surface area contributed by atoms with E-state index in [2.05, 4.69) is 4.98 Å². The fourth-order valence-electron chi connectivity index (χ4n) is 3.05. The molecule has 2 heterocycles. The Kier molecular flexibility index (Phi) is 4.70. The summed E-state index contributed by atoms with van der Waals surface area (Å²) in [4.78, 5) is 20.4. The molecule has 2 fully saturated rings. The first kappa shape index (κ1) is 17.4. The minimum atomic E-state index is -3.00. The van der Waals surface area contributed by atoms with E-state index < -0.39 is 9.84 Å². The minimum absolute atomic E-state index is 0.0656. The molecule has 1 saturated carbocycles. The molecule has 1 aliphatic heterocycles. The maximum absolute atomic E-state index is 12.6. The molecule has 0 spiro atoms. The molecule has 7 nitrogen and oxygen atoms in total. The number of rotatable bonds is 6. The highest BCUT2D eigenvalue weighted by atomic mass is 32.2. The number of nitrogens with zero attached hydrogens (tertiary/aromatic N) is 3. The number of hydrogen-bond donors (Lipinski definition) is 0. The fraction of sp³-hybridized carbons (Fsp3) is 0.750. The van der Waals surface area contributed by atoms with Crippen molar-refractivity contribution in [2.45, 2.75) is 50.7 Å². The Morgan fingerprint density at radius 1 is 1.38 bits per heavy atom. The highest BCUT2D eigenvalue weighted by Crippen LogP contribution is 2.40. The molecule has 0 aromatic carbocycles. The standard InChI is InChI=1S/C16H25N3O4S/c1-11(16(20)19(3)13-6-7-24(21,22)10-13)18(2)9-15-17-8-14(23-15)12-4-5-12/h8,11-13H,4-7,9-10H2,1-3H3. The van der Waals surface area contributed by atoms with E-state index in [1.165, 1.54) is 0 Å². The summed E-state index contributed by atoms with van der Waals surface area (Å²) in [5.41, 5.74) is 0. The molecule has 2 aliphatic rings. The fourth-order valence-corrected chi connectivity index (χ4v) is 4.82. The SMILES string of the molecule is CC(C(=O)N(C)C1CCS(=O)(=O)C1)N(C)Cc1ncc(C2CC2)o1. The highest BCUT2D eigenvalue weighted by molar-refractivity contribution is 7.91. The molecule has 1 aliphatic carbocycles. The van der Waals surface area contributed by atoms with Crippen LogP contribution in [-0.2, 0) is 21.2 Å². The van der Waals surface area contributed by atoms with Gasteiger partial charge in [-0.2, -0.15) is 0 Å². The van der Waals surface area contributed by atoms with Gasteiger partial charge in [0, 0.05) is 19.0 Å². The number of carbonyl (C=O) groups is 1. The summed E-state index contributed by atoms with van der Waals surface area (Å²) in [6.45, 7) is 2.28. The summed E-state index contributed by atoms with van der Waals surface area (Å²) in [7, 11) is 0.538. The molecule has 134 valence electrons. The van der Waals surface area contributed by atoms with Crippen molar-refractivity contribution in [2.24, 2.45) is 0 Å². The van der Waals surface area contributed by atoms with E-state index in [9.17, 15) is 13.2 Å². The van der Waals surface area contributed by atoms with E-state index >= 15 is 0 Å². The average molecular weight is 355 g/mol. The van der Waals surface area contributed by atoms with E-state index in [1.807, 2.05) is 18.9 Å². The monoisotopic (exact) mass is 355 g/mol. The number of likely N-dealkylation sites (N-methyl/N-ethyl adjacent to an activating group) is 2. The van der Waals surface area contributed by atoms with Crippen LogP contribution >= 0.6 is 0 Å². The molecule has 0 radical (unpaired) electrons. The number of oxazole rings is 1. The zero-order valence-electron chi connectivity index (χ0n) is 14.4. The quantitative estimate of drug-likeness (QED) is 0.757. The highest BCUT2D eigenvalue weighted by Gasteiger charge is 2.35. The van der Waals surface area contributed by atoms with Crippen molar-refractivity contribution < 1.29 is 17.6 Å². The van der Waals surface area contributed by atoms with Crippen LogP contribution in [0.1, 0.15) is 43.8 Å². The lowest BCUT2D eigenvalue weighted by Gasteiger charge is -2.30.